The zero-order valence-corrected chi connectivity index (χ0v) is 9.51. The Bertz CT molecular complexity index is 444. The molecule has 7 nitrogen and oxygen atoms in total. The fourth-order valence-electron chi connectivity index (χ4n) is 1.91. The number of carbonyl (C=O) groups is 3. The predicted octanol–water partition coefficient (Wildman–Crippen LogP) is -0.267. The SMILES string of the molecule is CN1C(=O)C2=NC(=O)N(C)C2(C)N(C)C1=O. The van der Waals surface area contributed by atoms with E-state index < -0.39 is 23.6 Å². The van der Waals surface area contributed by atoms with Gasteiger partial charge >= 0.3 is 12.1 Å². The molecule has 5 amide bonds. The van der Waals surface area contributed by atoms with Crippen LogP contribution in [0.4, 0.5) is 9.59 Å². The molecule has 2 heterocycles. The van der Waals surface area contributed by atoms with E-state index in [1.54, 1.807) is 6.92 Å². The zero-order valence-electron chi connectivity index (χ0n) is 9.51. The lowest BCUT2D eigenvalue weighted by Gasteiger charge is -2.45. The summed E-state index contributed by atoms with van der Waals surface area (Å²) in [6.45, 7) is 1.62. The molecule has 1 fully saturated rings. The third-order valence-electron chi connectivity index (χ3n) is 3.33. The van der Waals surface area contributed by atoms with E-state index in [-0.39, 0.29) is 5.71 Å². The van der Waals surface area contributed by atoms with Crippen molar-refractivity contribution in [2.45, 2.75) is 12.6 Å². The lowest BCUT2D eigenvalue weighted by Crippen LogP contribution is -2.69. The number of urea groups is 2. The van der Waals surface area contributed by atoms with Gasteiger partial charge in [-0.1, -0.05) is 0 Å². The first-order valence-electron chi connectivity index (χ1n) is 4.74. The van der Waals surface area contributed by atoms with E-state index >= 15 is 0 Å². The molecule has 0 aromatic carbocycles. The van der Waals surface area contributed by atoms with Crippen LogP contribution >= 0.6 is 0 Å². The Balaban J connectivity index is 2.60. The lowest BCUT2D eigenvalue weighted by atomic mass is 10.0. The fourth-order valence-corrected chi connectivity index (χ4v) is 1.91. The maximum atomic E-state index is 11.8. The average molecular weight is 224 g/mol. The van der Waals surface area contributed by atoms with E-state index in [1.807, 2.05) is 0 Å². The van der Waals surface area contributed by atoms with Crippen molar-refractivity contribution in [1.82, 2.24) is 14.7 Å². The summed E-state index contributed by atoms with van der Waals surface area (Å²) in [5.74, 6) is -0.525. The van der Waals surface area contributed by atoms with Crippen LogP contribution in [0.5, 0.6) is 0 Å². The van der Waals surface area contributed by atoms with Crippen LogP contribution in [0.25, 0.3) is 0 Å². The molecule has 86 valence electrons. The van der Waals surface area contributed by atoms with Crippen molar-refractivity contribution in [3.05, 3.63) is 0 Å². The molecule has 0 aromatic rings. The molecule has 2 aliphatic rings. The minimum absolute atomic E-state index is 0.0876. The van der Waals surface area contributed by atoms with Crippen molar-refractivity contribution < 1.29 is 14.4 Å². The van der Waals surface area contributed by atoms with Gasteiger partial charge in [-0.2, -0.15) is 4.99 Å². The highest BCUT2D eigenvalue weighted by molar-refractivity contribution is 6.48. The summed E-state index contributed by atoms with van der Waals surface area (Å²) in [7, 11) is 4.42. The third-order valence-corrected chi connectivity index (χ3v) is 3.33. The summed E-state index contributed by atoms with van der Waals surface area (Å²) in [5.41, 5.74) is -0.984. The first kappa shape index (κ1) is 10.6. The van der Waals surface area contributed by atoms with E-state index in [1.165, 1.54) is 30.9 Å². The van der Waals surface area contributed by atoms with Crippen molar-refractivity contribution in [3.8, 4) is 0 Å². The van der Waals surface area contributed by atoms with Crippen LogP contribution in [-0.4, -0.2) is 65.2 Å². The monoisotopic (exact) mass is 224 g/mol. The number of amides is 5. The molecule has 2 aliphatic heterocycles. The minimum Gasteiger partial charge on any atom is -0.298 e. The average Bonchev–Trinajstić information content (AvgIpc) is 2.49. The van der Waals surface area contributed by atoms with Crippen LogP contribution in [-0.2, 0) is 4.79 Å². The third kappa shape index (κ3) is 0.923. The van der Waals surface area contributed by atoms with Gasteiger partial charge in [0, 0.05) is 21.1 Å². The van der Waals surface area contributed by atoms with E-state index in [9.17, 15) is 14.4 Å². The Labute approximate surface area is 92.3 Å². The Morgan fingerprint density at radius 3 is 2.19 bits per heavy atom. The van der Waals surface area contributed by atoms with Crippen molar-refractivity contribution in [2.75, 3.05) is 21.1 Å². The molecule has 1 saturated heterocycles. The number of imide groups is 1. The van der Waals surface area contributed by atoms with Gasteiger partial charge in [-0.25, -0.2) is 9.59 Å². The van der Waals surface area contributed by atoms with Crippen LogP contribution < -0.4 is 0 Å². The van der Waals surface area contributed by atoms with Crippen LogP contribution in [0, 0.1) is 0 Å². The molecule has 0 bridgehead atoms. The number of aliphatic imine (C=N–C) groups is 1. The standard InChI is InChI=1S/C9H12N4O3/c1-9-5(10-7(15)12(9)3)6(14)11(2)8(16)13(9)4/h1-4H3. The lowest BCUT2D eigenvalue weighted by molar-refractivity contribution is -0.123. The van der Waals surface area contributed by atoms with Gasteiger partial charge in [-0.15, -0.1) is 0 Å². The first-order chi connectivity index (χ1) is 7.31. The summed E-state index contributed by atoms with van der Waals surface area (Å²) < 4.78 is 0. The highest BCUT2D eigenvalue weighted by Crippen LogP contribution is 2.31. The van der Waals surface area contributed by atoms with E-state index in [0.717, 1.165) is 4.90 Å². The molecule has 0 spiro atoms. The second kappa shape index (κ2) is 2.81. The van der Waals surface area contributed by atoms with Gasteiger partial charge in [-0.3, -0.25) is 19.5 Å². The van der Waals surface area contributed by atoms with Gasteiger partial charge in [-0.05, 0) is 6.92 Å². The number of nitrogens with zero attached hydrogens (tertiary/aromatic N) is 4. The Hall–Kier alpha value is -1.92. The molecule has 0 saturated carbocycles. The summed E-state index contributed by atoms with van der Waals surface area (Å²) in [6, 6.07) is -0.964. The second-order valence-corrected chi connectivity index (χ2v) is 4.03. The van der Waals surface area contributed by atoms with E-state index in [0.29, 0.717) is 0 Å². The van der Waals surface area contributed by atoms with E-state index in [4.69, 9.17) is 0 Å². The largest absolute Gasteiger partial charge is 0.346 e. The quantitative estimate of drug-likeness (QED) is 0.568. The Morgan fingerprint density at radius 2 is 1.62 bits per heavy atom. The maximum Gasteiger partial charge on any atom is 0.346 e. The number of fused-ring (bicyclic) bond motifs is 1. The molecule has 1 atom stereocenters. The fraction of sp³-hybridized carbons (Fsp3) is 0.556. The molecule has 0 N–H and O–H groups in total. The minimum atomic E-state index is -1.07. The first-order valence-corrected chi connectivity index (χ1v) is 4.74. The molecular formula is C9H12N4O3. The normalized spacial score (nSPS) is 29.9. The summed E-state index contributed by atoms with van der Waals surface area (Å²) in [5, 5.41) is 0. The highest BCUT2D eigenvalue weighted by atomic mass is 16.2. The number of hydrogen-bond donors (Lipinski definition) is 0. The number of rotatable bonds is 0. The molecule has 0 aliphatic carbocycles. The van der Waals surface area contributed by atoms with Gasteiger partial charge in [0.05, 0.1) is 0 Å². The molecule has 0 radical (unpaired) electrons. The molecular weight excluding hydrogens is 212 g/mol. The van der Waals surface area contributed by atoms with Gasteiger partial charge < -0.3 is 0 Å². The summed E-state index contributed by atoms with van der Waals surface area (Å²) in [4.78, 5) is 42.3. The molecule has 2 rings (SSSR count). The number of carbonyl (C=O) groups excluding carboxylic acids is 3. The van der Waals surface area contributed by atoms with Crippen molar-refractivity contribution in [3.63, 3.8) is 0 Å². The summed E-state index contributed by atoms with van der Waals surface area (Å²) >= 11 is 0. The molecule has 1 unspecified atom stereocenters. The van der Waals surface area contributed by atoms with Crippen molar-refractivity contribution >= 4 is 23.7 Å². The highest BCUT2D eigenvalue weighted by Gasteiger charge is 2.56. The topological polar surface area (TPSA) is 73.3 Å². The van der Waals surface area contributed by atoms with Crippen LogP contribution in [0.1, 0.15) is 6.92 Å². The van der Waals surface area contributed by atoms with Crippen LogP contribution in [0.3, 0.4) is 0 Å². The zero-order chi connectivity index (χ0) is 12.2. The smallest absolute Gasteiger partial charge is 0.298 e. The van der Waals surface area contributed by atoms with Crippen molar-refractivity contribution in [2.24, 2.45) is 4.99 Å². The Morgan fingerprint density at radius 1 is 1.06 bits per heavy atom. The summed E-state index contributed by atoms with van der Waals surface area (Å²) in [6.07, 6.45) is 0. The van der Waals surface area contributed by atoms with Gasteiger partial charge in [0.1, 0.15) is 0 Å². The Kier molecular flexibility index (Phi) is 1.86. The molecule has 7 heteroatoms. The van der Waals surface area contributed by atoms with Gasteiger partial charge in [0.25, 0.3) is 5.91 Å². The van der Waals surface area contributed by atoms with Gasteiger partial charge in [0.15, 0.2) is 11.4 Å². The molecule has 0 aromatic heterocycles. The predicted molar refractivity (Wildman–Crippen MR) is 54.9 cm³/mol. The van der Waals surface area contributed by atoms with Crippen LogP contribution in [0.15, 0.2) is 4.99 Å². The van der Waals surface area contributed by atoms with Crippen LogP contribution in [0.2, 0.25) is 0 Å². The number of hydrogen-bond acceptors (Lipinski definition) is 3. The molecule has 16 heavy (non-hydrogen) atoms. The van der Waals surface area contributed by atoms with E-state index in [2.05, 4.69) is 4.99 Å². The van der Waals surface area contributed by atoms with Gasteiger partial charge in [0.2, 0.25) is 0 Å². The second-order valence-electron chi connectivity index (χ2n) is 4.03. The van der Waals surface area contributed by atoms with Crippen molar-refractivity contribution in [1.29, 1.82) is 0 Å². The maximum absolute atomic E-state index is 11.8.